The van der Waals surface area contributed by atoms with Crippen molar-refractivity contribution < 1.29 is 17.9 Å². The minimum Gasteiger partial charge on any atom is -0.484 e. The fourth-order valence-corrected chi connectivity index (χ4v) is 4.90. The third kappa shape index (κ3) is 5.81. The molecule has 0 aliphatic carbocycles. The standard InChI is InChI=1S/C27H26N2O4S/c1-20(21-8-3-2-4-9-21)29-34(31,32)25-16-14-24(15-17-25)33-19-27(30)28-18-23-12-7-11-22-10-5-6-13-26(22)23/h2-17,20,29H,18-19H2,1H3,(H,28,30)/t20-/m0/s1. The molecule has 174 valence electrons. The van der Waals surface area contributed by atoms with Crippen LogP contribution in [0.25, 0.3) is 10.8 Å². The minimum absolute atomic E-state index is 0.128. The summed E-state index contributed by atoms with van der Waals surface area (Å²) in [4.78, 5) is 12.4. The maximum Gasteiger partial charge on any atom is 0.258 e. The Morgan fingerprint density at radius 3 is 2.29 bits per heavy atom. The molecule has 0 bridgehead atoms. The van der Waals surface area contributed by atoms with Crippen LogP contribution in [-0.2, 0) is 21.4 Å². The summed E-state index contributed by atoms with van der Waals surface area (Å²) in [6.45, 7) is 2.02. The lowest BCUT2D eigenvalue weighted by molar-refractivity contribution is -0.123. The number of amides is 1. The highest BCUT2D eigenvalue weighted by Crippen LogP contribution is 2.20. The van der Waals surface area contributed by atoms with Crippen LogP contribution in [0.3, 0.4) is 0 Å². The van der Waals surface area contributed by atoms with Gasteiger partial charge in [0.05, 0.1) is 4.90 Å². The van der Waals surface area contributed by atoms with E-state index in [0.29, 0.717) is 12.3 Å². The number of nitrogens with one attached hydrogen (secondary N) is 2. The van der Waals surface area contributed by atoms with Crippen LogP contribution >= 0.6 is 0 Å². The van der Waals surface area contributed by atoms with E-state index in [1.807, 2.05) is 72.8 Å². The van der Waals surface area contributed by atoms with Gasteiger partial charge in [0, 0.05) is 12.6 Å². The van der Waals surface area contributed by atoms with E-state index in [0.717, 1.165) is 21.9 Å². The second-order valence-corrected chi connectivity index (χ2v) is 9.64. The van der Waals surface area contributed by atoms with E-state index in [-0.39, 0.29) is 23.5 Å². The molecule has 0 aromatic heterocycles. The predicted octanol–water partition coefficient (Wildman–Crippen LogP) is 4.57. The lowest BCUT2D eigenvalue weighted by atomic mass is 10.0. The van der Waals surface area contributed by atoms with Crippen LogP contribution in [0.15, 0.2) is 102 Å². The van der Waals surface area contributed by atoms with Gasteiger partial charge in [0.15, 0.2) is 6.61 Å². The Morgan fingerprint density at radius 1 is 0.853 bits per heavy atom. The quantitative estimate of drug-likeness (QED) is 0.372. The molecule has 0 saturated heterocycles. The average Bonchev–Trinajstić information content (AvgIpc) is 2.86. The Morgan fingerprint density at radius 2 is 1.53 bits per heavy atom. The molecule has 0 aliphatic heterocycles. The summed E-state index contributed by atoms with van der Waals surface area (Å²) in [5.74, 6) is 0.151. The van der Waals surface area contributed by atoms with Crippen molar-refractivity contribution >= 4 is 26.7 Å². The molecule has 0 fully saturated rings. The number of carbonyl (C=O) groups excluding carboxylic acids is 1. The van der Waals surface area contributed by atoms with Gasteiger partial charge in [-0.05, 0) is 53.1 Å². The Kier molecular flexibility index (Phi) is 7.25. The molecule has 0 saturated carbocycles. The summed E-state index contributed by atoms with van der Waals surface area (Å²) >= 11 is 0. The van der Waals surface area contributed by atoms with E-state index >= 15 is 0 Å². The lowest BCUT2D eigenvalue weighted by Gasteiger charge is -2.15. The number of hydrogen-bond donors (Lipinski definition) is 2. The summed E-state index contributed by atoms with van der Waals surface area (Å²) < 4.78 is 33.6. The van der Waals surface area contributed by atoms with Gasteiger partial charge in [-0.15, -0.1) is 0 Å². The molecule has 1 amide bonds. The monoisotopic (exact) mass is 474 g/mol. The fraction of sp³-hybridized carbons (Fsp3) is 0.148. The van der Waals surface area contributed by atoms with Crippen LogP contribution in [0.1, 0.15) is 24.1 Å². The molecule has 4 rings (SSSR count). The first kappa shape index (κ1) is 23.5. The van der Waals surface area contributed by atoms with Crippen molar-refractivity contribution in [2.75, 3.05) is 6.61 Å². The molecule has 34 heavy (non-hydrogen) atoms. The van der Waals surface area contributed by atoms with Gasteiger partial charge in [0.1, 0.15) is 5.75 Å². The van der Waals surface area contributed by atoms with Gasteiger partial charge >= 0.3 is 0 Å². The Balaban J connectivity index is 1.30. The molecule has 0 unspecified atom stereocenters. The number of fused-ring (bicyclic) bond motifs is 1. The molecular weight excluding hydrogens is 448 g/mol. The zero-order valence-corrected chi connectivity index (χ0v) is 19.6. The molecule has 0 aliphatic rings. The number of hydrogen-bond acceptors (Lipinski definition) is 4. The molecule has 6 nitrogen and oxygen atoms in total. The van der Waals surface area contributed by atoms with Crippen LogP contribution in [-0.4, -0.2) is 20.9 Å². The van der Waals surface area contributed by atoms with Crippen LogP contribution in [0, 0.1) is 0 Å². The summed E-state index contributed by atoms with van der Waals surface area (Å²) in [6, 6.07) is 29.0. The van der Waals surface area contributed by atoms with Crippen molar-refractivity contribution in [3.8, 4) is 5.75 Å². The van der Waals surface area contributed by atoms with E-state index in [1.54, 1.807) is 19.1 Å². The second kappa shape index (κ2) is 10.5. The van der Waals surface area contributed by atoms with Gasteiger partial charge in [0.25, 0.3) is 5.91 Å². The van der Waals surface area contributed by atoms with Crippen LogP contribution in [0.4, 0.5) is 0 Å². The van der Waals surface area contributed by atoms with E-state index < -0.39 is 10.0 Å². The van der Waals surface area contributed by atoms with Crippen molar-refractivity contribution in [2.24, 2.45) is 0 Å². The SMILES string of the molecule is C[C@H](NS(=O)(=O)c1ccc(OCC(=O)NCc2cccc3ccccc23)cc1)c1ccccc1. The zero-order valence-electron chi connectivity index (χ0n) is 18.8. The van der Waals surface area contributed by atoms with Crippen molar-refractivity contribution in [3.05, 3.63) is 108 Å². The zero-order chi connectivity index (χ0) is 24.0. The number of rotatable bonds is 9. The van der Waals surface area contributed by atoms with Gasteiger partial charge in [-0.3, -0.25) is 4.79 Å². The van der Waals surface area contributed by atoms with E-state index in [4.69, 9.17) is 4.74 Å². The van der Waals surface area contributed by atoms with E-state index in [9.17, 15) is 13.2 Å². The van der Waals surface area contributed by atoms with Crippen molar-refractivity contribution in [1.29, 1.82) is 0 Å². The van der Waals surface area contributed by atoms with E-state index in [1.165, 1.54) is 12.1 Å². The highest BCUT2D eigenvalue weighted by Gasteiger charge is 2.18. The summed E-state index contributed by atoms with van der Waals surface area (Å²) in [5.41, 5.74) is 1.90. The van der Waals surface area contributed by atoms with Crippen LogP contribution in [0.5, 0.6) is 5.75 Å². The van der Waals surface area contributed by atoms with Crippen LogP contribution < -0.4 is 14.8 Å². The first-order valence-electron chi connectivity index (χ1n) is 11.0. The molecule has 4 aromatic carbocycles. The average molecular weight is 475 g/mol. The van der Waals surface area contributed by atoms with Crippen molar-refractivity contribution in [1.82, 2.24) is 10.0 Å². The van der Waals surface area contributed by atoms with Gasteiger partial charge in [-0.25, -0.2) is 13.1 Å². The highest BCUT2D eigenvalue weighted by atomic mass is 32.2. The molecule has 0 spiro atoms. The third-order valence-corrected chi connectivity index (χ3v) is 7.05. The molecule has 4 aromatic rings. The Bertz CT molecular complexity index is 1370. The molecule has 0 radical (unpaired) electrons. The molecule has 2 N–H and O–H groups in total. The van der Waals surface area contributed by atoms with Crippen molar-refractivity contribution in [2.45, 2.75) is 24.4 Å². The number of sulfonamides is 1. The number of ether oxygens (including phenoxy) is 1. The first-order valence-corrected chi connectivity index (χ1v) is 12.4. The minimum atomic E-state index is -3.70. The predicted molar refractivity (Wildman–Crippen MR) is 133 cm³/mol. The van der Waals surface area contributed by atoms with Gasteiger partial charge in [0.2, 0.25) is 10.0 Å². The summed E-state index contributed by atoms with van der Waals surface area (Å²) in [7, 11) is -3.70. The molecular formula is C27H26N2O4S. The van der Waals surface area contributed by atoms with Crippen molar-refractivity contribution in [3.63, 3.8) is 0 Å². The summed E-state index contributed by atoms with van der Waals surface area (Å²) in [6.07, 6.45) is 0. The smallest absolute Gasteiger partial charge is 0.258 e. The maximum absolute atomic E-state index is 12.7. The van der Waals surface area contributed by atoms with Gasteiger partial charge in [-0.1, -0.05) is 72.8 Å². The van der Waals surface area contributed by atoms with Gasteiger partial charge in [-0.2, -0.15) is 0 Å². The van der Waals surface area contributed by atoms with E-state index in [2.05, 4.69) is 10.0 Å². The Labute approximate surface area is 199 Å². The molecule has 7 heteroatoms. The summed E-state index contributed by atoms with van der Waals surface area (Å²) in [5, 5.41) is 5.08. The largest absolute Gasteiger partial charge is 0.484 e. The third-order valence-electron chi connectivity index (χ3n) is 5.49. The fourth-order valence-electron chi connectivity index (χ4n) is 3.67. The van der Waals surface area contributed by atoms with Gasteiger partial charge < -0.3 is 10.1 Å². The van der Waals surface area contributed by atoms with Crippen LogP contribution in [0.2, 0.25) is 0 Å². The normalized spacial score (nSPS) is 12.3. The first-order chi connectivity index (χ1) is 16.4. The molecule has 1 atom stereocenters. The number of benzene rings is 4. The topological polar surface area (TPSA) is 84.5 Å². The molecule has 0 heterocycles. The second-order valence-electron chi connectivity index (χ2n) is 7.93. The maximum atomic E-state index is 12.7. The Hall–Kier alpha value is -3.68. The highest BCUT2D eigenvalue weighted by molar-refractivity contribution is 7.89. The number of carbonyl (C=O) groups is 1. The lowest BCUT2D eigenvalue weighted by Crippen LogP contribution is -2.28.